The molecular weight excluding hydrogens is 240 g/mol. The molecule has 2 heteroatoms. The highest BCUT2D eigenvalue weighted by Gasteiger charge is 2.05. The number of aryl methyl sites for hydroxylation is 1. The van der Waals surface area contributed by atoms with Gasteiger partial charge >= 0.3 is 0 Å². The molecule has 2 rings (SSSR count). The van der Waals surface area contributed by atoms with E-state index in [1.807, 2.05) is 23.5 Å². The lowest BCUT2D eigenvalue weighted by Crippen LogP contribution is -1.81. The SMILES string of the molecule is COc1ccc(/C=C/c2sc(C)c(C)c2C)cc1. The van der Waals surface area contributed by atoms with Crippen LogP contribution in [0.5, 0.6) is 5.75 Å². The minimum atomic E-state index is 0.895. The van der Waals surface area contributed by atoms with Crippen molar-refractivity contribution in [2.75, 3.05) is 7.11 Å². The standard InChI is InChI=1S/C16H18OS/c1-11-12(2)16(18-13(11)3)10-7-14-5-8-15(17-4)9-6-14/h5-10H,1-4H3/b10-7+. The Morgan fingerprint density at radius 1 is 0.944 bits per heavy atom. The van der Waals surface area contributed by atoms with Crippen LogP contribution in [0.15, 0.2) is 24.3 Å². The molecule has 0 radical (unpaired) electrons. The second kappa shape index (κ2) is 5.40. The van der Waals surface area contributed by atoms with Crippen LogP contribution < -0.4 is 4.74 Å². The maximum atomic E-state index is 5.15. The first-order chi connectivity index (χ1) is 8.61. The van der Waals surface area contributed by atoms with Gasteiger partial charge in [-0.2, -0.15) is 0 Å². The molecule has 94 valence electrons. The number of hydrogen-bond donors (Lipinski definition) is 0. The molecule has 0 saturated heterocycles. The minimum absolute atomic E-state index is 0.895. The summed E-state index contributed by atoms with van der Waals surface area (Å²) in [4.78, 5) is 2.75. The fraction of sp³-hybridized carbons (Fsp3) is 0.250. The van der Waals surface area contributed by atoms with Gasteiger partial charge in [-0.15, -0.1) is 11.3 Å². The molecule has 1 aromatic carbocycles. The molecule has 0 spiro atoms. The molecule has 1 heterocycles. The van der Waals surface area contributed by atoms with E-state index < -0.39 is 0 Å². The van der Waals surface area contributed by atoms with Crippen LogP contribution in [0.4, 0.5) is 0 Å². The zero-order valence-corrected chi connectivity index (χ0v) is 12.1. The van der Waals surface area contributed by atoms with Crippen molar-refractivity contribution in [3.8, 4) is 5.75 Å². The average Bonchev–Trinajstić information content (AvgIpc) is 2.64. The molecule has 0 aliphatic heterocycles. The molecule has 0 aliphatic rings. The summed E-state index contributed by atoms with van der Waals surface area (Å²) in [5, 5.41) is 0. The van der Waals surface area contributed by atoms with Gasteiger partial charge < -0.3 is 4.74 Å². The summed E-state index contributed by atoms with van der Waals surface area (Å²) in [6, 6.07) is 8.10. The summed E-state index contributed by atoms with van der Waals surface area (Å²) < 4.78 is 5.15. The Morgan fingerprint density at radius 3 is 2.11 bits per heavy atom. The molecule has 0 amide bonds. The summed E-state index contributed by atoms with van der Waals surface area (Å²) in [7, 11) is 1.69. The number of thiophene rings is 1. The zero-order valence-electron chi connectivity index (χ0n) is 11.3. The largest absolute Gasteiger partial charge is 0.497 e. The van der Waals surface area contributed by atoms with Gasteiger partial charge in [-0.1, -0.05) is 18.2 Å². The van der Waals surface area contributed by atoms with E-state index in [9.17, 15) is 0 Å². The van der Waals surface area contributed by atoms with Gasteiger partial charge in [0.25, 0.3) is 0 Å². The molecule has 0 bridgehead atoms. The van der Waals surface area contributed by atoms with Gasteiger partial charge in [0.1, 0.15) is 5.75 Å². The second-order valence-electron chi connectivity index (χ2n) is 4.38. The van der Waals surface area contributed by atoms with Crippen molar-refractivity contribution in [1.29, 1.82) is 0 Å². The van der Waals surface area contributed by atoms with Crippen LogP contribution in [-0.2, 0) is 0 Å². The number of methoxy groups -OCH3 is 1. The molecule has 0 saturated carbocycles. The van der Waals surface area contributed by atoms with Gasteiger partial charge in [0.15, 0.2) is 0 Å². The summed E-state index contributed by atoms with van der Waals surface area (Å²) in [6.07, 6.45) is 4.35. The van der Waals surface area contributed by atoms with Crippen molar-refractivity contribution in [3.05, 3.63) is 50.7 Å². The van der Waals surface area contributed by atoms with Gasteiger partial charge in [-0.25, -0.2) is 0 Å². The molecule has 1 nitrogen and oxygen atoms in total. The van der Waals surface area contributed by atoms with Crippen molar-refractivity contribution < 1.29 is 4.74 Å². The fourth-order valence-corrected chi connectivity index (χ4v) is 2.89. The molecule has 2 aromatic rings. The summed E-state index contributed by atoms with van der Waals surface area (Å²) in [6.45, 7) is 6.55. The second-order valence-corrected chi connectivity index (χ2v) is 5.64. The van der Waals surface area contributed by atoms with Crippen LogP contribution in [0.1, 0.15) is 26.4 Å². The van der Waals surface area contributed by atoms with Crippen molar-refractivity contribution >= 4 is 23.5 Å². The zero-order chi connectivity index (χ0) is 13.1. The number of rotatable bonds is 3. The maximum absolute atomic E-state index is 5.15. The Morgan fingerprint density at radius 2 is 1.61 bits per heavy atom. The highest BCUT2D eigenvalue weighted by Crippen LogP contribution is 2.28. The maximum Gasteiger partial charge on any atom is 0.118 e. The number of hydrogen-bond acceptors (Lipinski definition) is 2. The van der Waals surface area contributed by atoms with E-state index in [1.54, 1.807) is 7.11 Å². The molecular formula is C16H18OS. The Kier molecular flexibility index (Phi) is 3.87. The Balaban J connectivity index is 2.21. The van der Waals surface area contributed by atoms with E-state index in [4.69, 9.17) is 4.74 Å². The van der Waals surface area contributed by atoms with Crippen LogP contribution in [-0.4, -0.2) is 7.11 Å². The third-order valence-corrected chi connectivity index (χ3v) is 4.54. The smallest absolute Gasteiger partial charge is 0.118 e. The average molecular weight is 258 g/mol. The lowest BCUT2D eigenvalue weighted by Gasteiger charge is -1.99. The highest BCUT2D eigenvalue weighted by atomic mass is 32.1. The molecule has 18 heavy (non-hydrogen) atoms. The van der Waals surface area contributed by atoms with E-state index in [2.05, 4.69) is 45.1 Å². The summed E-state index contributed by atoms with van der Waals surface area (Å²) in [5.74, 6) is 0.895. The lowest BCUT2D eigenvalue weighted by molar-refractivity contribution is 0.415. The Hall–Kier alpha value is -1.54. The molecule has 0 atom stereocenters. The summed E-state index contributed by atoms with van der Waals surface area (Å²) >= 11 is 1.86. The molecule has 0 N–H and O–H groups in total. The Labute approximate surface area is 113 Å². The van der Waals surface area contributed by atoms with Gasteiger partial charge in [0, 0.05) is 9.75 Å². The molecule has 0 unspecified atom stereocenters. The lowest BCUT2D eigenvalue weighted by atomic mass is 10.1. The fourth-order valence-electron chi connectivity index (χ4n) is 1.81. The van der Waals surface area contributed by atoms with Crippen LogP contribution in [0.3, 0.4) is 0 Å². The van der Waals surface area contributed by atoms with Crippen LogP contribution in [0.25, 0.3) is 12.2 Å². The van der Waals surface area contributed by atoms with E-state index in [1.165, 1.54) is 26.4 Å². The van der Waals surface area contributed by atoms with Crippen LogP contribution in [0, 0.1) is 20.8 Å². The van der Waals surface area contributed by atoms with Crippen molar-refractivity contribution in [2.45, 2.75) is 20.8 Å². The van der Waals surface area contributed by atoms with Crippen molar-refractivity contribution in [1.82, 2.24) is 0 Å². The van der Waals surface area contributed by atoms with Crippen LogP contribution >= 0.6 is 11.3 Å². The molecule has 0 fully saturated rings. The first-order valence-corrected chi connectivity index (χ1v) is 6.82. The van der Waals surface area contributed by atoms with Gasteiger partial charge in [0.2, 0.25) is 0 Å². The van der Waals surface area contributed by atoms with Gasteiger partial charge in [-0.3, -0.25) is 0 Å². The first kappa shape index (κ1) is 12.9. The van der Waals surface area contributed by atoms with Gasteiger partial charge in [0.05, 0.1) is 7.11 Å². The van der Waals surface area contributed by atoms with E-state index in [-0.39, 0.29) is 0 Å². The predicted molar refractivity (Wildman–Crippen MR) is 80.5 cm³/mol. The van der Waals surface area contributed by atoms with E-state index in [0.29, 0.717) is 0 Å². The van der Waals surface area contributed by atoms with E-state index >= 15 is 0 Å². The number of benzene rings is 1. The summed E-state index contributed by atoms with van der Waals surface area (Å²) in [5.41, 5.74) is 4.00. The third kappa shape index (κ3) is 2.65. The molecule has 0 aliphatic carbocycles. The van der Waals surface area contributed by atoms with Crippen LogP contribution in [0.2, 0.25) is 0 Å². The van der Waals surface area contributed by atoms with E-state index in [0.717, 1.165) is 5.75 Å². The first-order valence-electron chi connectivity index (χ1n) is 6.00. The van der Waals surface area contributed by atoms with Crippen molar-refractivity contribution in [3.63, 3.8) is 0 Å². The highest BCUT2D eigenvalue weighted by molar-refractivity contribution is 7.13. The monoisotopic (exact) mass is 258 g/mol. The predicted octanol–water partition coefficient (Wildman–Crippen LogP) is 4.85. The minimum Gasteiger partial charge on any atom is -0.497 e. The Bertz CT molecular complexity index is 562. The number of ether oxygens (including phenoxy) is 1. The van der Waals surface area contributed by atoms with Gasteiger partial charge in [-0.05, 0) is 55.7 Å². The topological polar surface area (TPSA) is 9.23 Å². The normalized spacial score (nSPS) is 11.1. The third-order valence-electron chi connectivity index (χ3n) is 3.27. The molecule has 1 aromatic heterocycles. The van der Waals surface area contributed by atoms with Crippen molar-refractivity contribution in [2.24, 2.45) is 0 Å². The quantitative estimate of drug-likeness (QED) is 0.764.